The van der Waals surface area contributed by atoms with Gasteiger partial charge in [-0.2, -0.15) is 0 Å². The Bertz CT molecular complexity index is 468. The number of aliphatic carboxylic acids is 1. The van der Waals surface area contributed by atoms with Crippen LogP contribution in [0.1, 0.15) is 26.3 Å². The van der Waals surface area contributed by atoms with E-state index in [0.29, 0.717) is 6.54 Å². The van der Waals surface area contributed by atoms with E-state index < -0.39 is 23.5 Å². The van der Waals surface area contributed by atoms with E-state index in [1.807, 2.05) is 6.07 Å². The molecule has 6 nitrogen and oxygen atoms in total. The first kappa shape index (κ1) is 15.9. The van der Waals surface area contributed by atoms with Gasteiger partial charge in [-0.15, -0.1) is 0 Å². The summed E-state index contributed by atoms with van der Waals surface area (Å²) in [4.78, 5) is 28.7. The van der Waals surface area contributed by atoms with Crippen LogP contribution in [0, 0.1) is 5.41 Å². The number of rotatable bonds is 4. The predicted molar refractivity (Wildman–Crippen MR) is 75.1 cm³/mol. The number of carboxylic acid groups (broad SMARTS) is 1. The van der Waals surface area contributed by atoms with Crippen molar-refractivity contribution in [1.82, 2.24) is 15.2 Å². The fourth-order valence-corrected chi connectivity index (χ4v) is 1.72. The zero-order valence-corrected chi connectivity index (χ0v) is 12.3. The molecule has 0 radical (unpaired) electrons. The van der Waals surface area contributed by atoms with E-state index in [0.717, 1.165) is 5.56 Å². The van der Waals surface area contributed by atoms with Crippen molar-refractivity contribution >= 4 is 12.0 Å². The Morgan fingerprint density at radius 3 is 2.55 bits per heavy atom. The van der Waals surface area contributed by atoms with Gasteiger partial charge in [-0.3, -0.25) is 4.98 Å². The van der Waals surface area contributed by atoms with Gasteiger partial charge in [0.15, 0.2) is 0 Å². The Kier molecular flexibility index (Phi) is 5.07. The van der Waals surface area contributed by atoms with E-state index >= 15 is 0 Å². The monoisotopic (exact) mass is 279 g/mol. The van der Waals surface area contributed by atoms with Crippen LogP contribution in [0.5, 0.6) is 0 Å². The Labute approximate surface area is 118 Å². The molecule has 0 aliphatic heterocycles. The van der Waals surface area contributed by atoms with Crippen molar-refractivity contribution in [3.05, 3.63) is 30.1 Å². The first-order valence-corrected chi connectivity index (χ1v) is 6.35. The summed E-state index contributed by atoms with van der Waals surface area (Å²) in [6.07, 6.45) is 3.33. The maximum absolute atomic E-state index is 12.0. The van der Waals surface area contributed by atoms with E-state index in [2.05, 4.69) is 10.3 Å². The predicted octanol–water partition coefficient (Wildman–Crippen LogP) is 1.72. The molecular weight excluding hydrogens is 258 g/mol. The van der Waals surface area contributed by atoms with Gasteiger partial charge in [0.05, 0.1) is 0 Å². The smallest absolute Gasteiger partial charge is 0.326 e. The van der Waals surface area contributed by atoms with Crippen molar-refractivity contribution in [1.29, 1.82) is 0 Å². The summed E-state index contributed by atoms with van der Waals surface area (Å²) in [6.45, 7) is 5.68. The highest BCUT2D eigenvalue weighted by atomic mass is 16.4. The third-order valence-corrected chi connectivity index (χ3v) is 2.87. The Morgan fingerprint density at radius 1 is 1.45 bits per heavy atom. The van der Waals surface area contributed by atoms with Crippen LogP contribution in [0.3, 0.4) is 0 Å². The van der Waals surface area contributed by atoms with Crippen LogP contribution in [-0.4, -0.2) is 40.1 Å². The number of hydrogen-bond donors (Lipinski definition) is 2. The van der Waals surface area contributed by atoms with Gasteiger partial charge >= 0.3 is 12.0 Å². The molecule has 0 saturated carbocycles. The highest BCUT2D eigenvalue weighted by Gasteiger charge is 2.33. The number of nitrogens with one attached hydrogen (secondary N) is 1. The Hall–Kier alpha value is -2.11. The molecule has 1 atom stereocenters. The summed E-state index contributed by atoms with van der Waals surface area (Å²) >= 11 is 0. The number of nitrogens with zero attached hydrogens (tertiary/aromatic N) is 2. The lowest BCUT2D eigenvalue weighted by Gasteiger charge is -2.29. The highest BCUT2D eigenvalue weighted by Crippen LogP contribution is 2.19. The summed E-state index contributed by atoms with van der Waals surface area (Å²) in [6, 6.07) is 2.29. The minimum atomic E-state index is -1.04. The molecule has 1 rings (SSSR count). The molecule has 2 N–H and O–H groups in total. The van der Waals surface area contributed by atoms with Gasteiger partial charge in [0, 0.05) is 26.0 Å². The third kappa shape index (κ3) is 4.53. The number of pyridine rings is 1. The van der Waals surface area contributed by atoms with Gasteiger partial charge in [0.25, 0.3) is 0 Å². The normalized spacial score (nSPS) is 12.6. The first-order chi connectivity index (χ1) is 9.21. The van der Waals surface area contributed by atoms with Gasteiger partial charge in [-0.05, 0) is 17.0 Å². The third-order valence-electron chi connectivity index (χ3n) is 2.87. The van der Waals surface area contributed by atoms with Gasteiger partial charge in [0.2, 0.25) is 0 Å². The van der Waals surface area contributed by atoms with Crippen LogP contribution in [0.2, 0.25) is 0 Å². The molecule has 6 heteroatoms. The van der Waals surface area contributed by atoms with Crippen molar-refractivity contribution in [3.63, 3.8) is 0 Å². The lowest BCUT2D eigenvalue weighted by molar-refractivity contribution is -0.142. The molecular formula is C14H21N3O3. The fourth-order valence-electron chi connectivity index (χ4n) is 1.72. The number of aromatic nitrogens is 1. The van der Waals surface area contributed by atoms with E-state index in [1.54, 1.807) is 46.3 Å². The maximum Gasteiger partial charge on any atom is 0.326 e. The average Bonchev–Trinajstić information content (AvgIpc) is 2.34. The Balaban J connectivity index is 2.67. The standard InChI is InChI=1S/C14H21N3O3/c1-14(2,3)11(12(18)19)16-13(20)17(4)9-10-6-5-7-15-8-10/h5-8,11H,9H2,1-4H3,(H,16,20)(H,18,19)/t11-/m0/s1. The summed E-state index contributed by atoms with van der Waals surface area (Å²) in [5.41, 5.74) is 0.323. The van der Waals surface area contributed by atoms with Crippen LogP contribution in [0.25, 0.3) is 0 Å². The minimum Gasteiger partial charge on any atom is -0.480 e. The average molecular weight is 279 g/mol. The first-order valence-electron chi connectivity index (χ1n) is 6.35. The molecule has 0 aliphatic rings. The lowest BCUT2D eigenvalue weighted by atomic mass is 9.87. The summed E-state index contributed by atoms with van der Waals surface area (Å²) in [5, 5.41) is 11.7. The van der Waals surface area contributed by atoms with Gasteiger partial charge in [0.1, 0.15) is 6.04 Å². The second-order valence-corrected chi connectivity index (χ2v) is 5.80. The topological polar surface area (TPSA) is 82.5 Å². The SMILES string of the molecule is CN(Cc1cccnc1)C(=O)N[C@@H](C(=O)O)C(C)(C)C. The largest absolute Gasteiger partial charge is 0.480 e. The summed E-state index contributed by atoms with van der Waals surface area (Å²) < 4.78 is 0. The van der Waals surface area contributed by atoms with E-state index in [1.165, 1.54) is 4.90 Å². The molecule has 0 bridgehead atoms. The molecule has 20 heavy (non-hydrogen) atoms. The molecule has 1 heterocycles. The molecule has 0 unspecified atom stereocenters. The summed E-state index contributed by atoms with van der Waals surface area (Å²) in [5.74, 6) is -1.04. The second-order valence-electron chi connectivity index (χ2n) is 5.80. The molecule has 1 aromatic rings. The highest BCUT2D eigenvalue weighted by molar-refractivity contribution is 5.83. The van der Waals surface area contributed by atoms with Crippen LogP contribution in [-0.2, 0) is 11.3 Å². The molecule has 0 aliphatic carbocycles. The van der Waals surface area contributed by atoms with E-state index in [-0.39, 0.29) is 0 Å². The number of urea groups is 1. The van der Waals surface area contributed by atoms with E-state index in [9.17, 15) is 14.7 Å². The molecule has 0 aromatic carbocycles. The van der Waals surface area contributed by atoms with Gasteiger partial charge in [-0.1, -0.05) is 26.8 Å². The minimum absolute atomic E-state index is 0.371. The number of carbonyl (C=O) groups excluding carboxylic acids is 1. The maximum atomic E-state index is 12.0. The van der Waals surface area contributed by atoms with Crippen molar-refractivity contribution in [2.24, 2.45) is 5.41 Å². The molecule has 0 fully saturated rings. The van der Waals surface area contributed by atoms with Crippen molar-refractivity contribution in [2.75, 3.05) is 7.05 Å². The van der Waals surface area contributed by atoms with Crippen LogP contribution < -0.4 is 5.32 Å². The van der Waals surface area contributed by atoms with Crippen LogP contribution >= 0.6 is 0 Å². The quantitative estimate of drug-likeness (QED) is 0.879. The number of hydrogen-bond acceptors (Lipinski definition) is 3. The summed E-state index contributed by atoms with van der Waals surface area (Å²) in [7, 11) is 1.61. The van der Waals surface area contributed by atoms with E-state index in [4.69, 9.17) is 0 Å². The molecule has 110 valence electrons. The molecule has 0 spiro atoms. The zero-order valence-electron chi connectivity index (χ0n) is 12.3. The van der Waals surface area contributed by atoms with Crippen molar-refractivity contribution in [3.8, 4) is 0 Å². The number of carboxylic acids is 1. The van der Waals surface area contributed by atoms with Crippen molar-refractivity contribution < 1.29 is 14.7 Å². The van der Waals surface area contributed by atoms with Crippen molar-refractivity contribution in [2.45, 2.75) is 33.4 Å². The second kappa shape index (κ2) is 6.36. The molecule has 1 aromatic heterocycles. The fraction of sp³-hybridized carbons (Fsp3) is 0.500. The van der Waals surface area contributed by atoms with Gasteiger partial charge in [-0.25, -0.2) is 9.59 Å². The van der Waals surface area contributed by atoms with Gasteiger partial charge < -0.3 is 15.3 Å². The molecule has 0 saturated heterocycles. The van der Waals surface area contributed by atoms with Crippen LogP contribution in [0.15, 0.2) is 24.5 Å². The number of carbonyl (C=O) groups is 2. The Morgan fingerprint density at radius 2 is 2.10 bits per heavy atom. The lowest BCUT2D eigenvalue weighted by Crippen LogP contribution is -2.52. The number of amides is 2. The zero-order chi connectivity index (χ0) is 15.3. The van der Waals surface area contributed by atoms with Crippen LogP contribution in [0.4, 0.5) is 4.79 Å². The molecule has 2 amide bonds.